The number of anilines is 1. The van der Waals surface area contributed by atoms with E-state index in [0.717, 1.165) is 0 Å². The van der Waals surface area contributed by atoms with Crippen LogP contribution >= 0.6 is 23.2 Å². The van der Waals surface area contributed by atoms with Gasteiger partial charge < -0.3 is 5.32 Å². The minimum absolute atomic E-state index is 0.0774. The first kappa shape index (κ1) is 16.5. The highest BCUT2D eigenvalue weighted by atomic mass is 35.5. The Balaban J connectivity index is 2.46. The second kappa shape index (κ2) is 6.10. The van der Waals surface area contributed by atoms with Crippen LogP contribution in [0.3, 0.4) is 0 Å². The fourth-order valence-electron chi connectivity index (χ4n) is 1.62. The van der Waals surface area contributed by atoms with Gasteiger partial charge in [0, 0.05) is 15.7 Å². The molecule has 116 valence electrons. The molecule has 0 aliphatic heterocycles. The van der Waals surface area contributed by atoms with Gasteiger partial charge in [-0.25, -0.2) is 22.0 Å². The highest BCUT2D eigenvalue weighted by Crippen LogP contribution is 2.26. The molecule has 0 aliphatic rings. The van der Waals surface area contributed by atoms with Crippen molar-refractivity contribution in [2.75, 3.05) is 5.32 Å². The van der Waals surface area contributed by atoms with Gasteiger partial charge in [-0.3, -0.25) is 4.79 Å². The third kappa shape index (κ3) is 3.00. The van der Waals surface area contributed by atoms with Crippen LogP contribution in [0.25, 0.3) is 0 Å². The van der Waals surface area contributed by atoms with E-state index >= 15 is 0 Å². The molecule has 0 heterocycles. The lowest BCUT2D eigenvalue weighted by molar-refractivity contribution is 0.101. The van der Waals surface area contributed by atoms with Gasteiger partial charge in [-0.15, -0.1) is 0 Å². The molecule has 9 heteroatoms. The molecule has 22 heavy (non-hydrogen) atoms. The van der Waals surface area contributed by atoms with Crippen molar-refractivity contribution < 1.29 is 26.7 Å². The van der Waals surface area contributed by atoms with Crippen LogP contribution in [0, 0.1) is 29.1 Å². The molecule has 2 aromatic carbocycles. The Hall–Kier alpha value is -1.86. The molecule has 0 unspecified atom stereocenters. The van der Waals surface area contributed by atoms with E-state index in [1.807, 2.05) is 5.32 Å². The summed E-state index contributed by atoms with van der Waals surface area (Å²) >= 11 is 11.3. The second-order valence-electron chi connectivity index (χ2n) is 4.06. The number of benzene rings is 2. The van der Waals surface area contributed by atoms with Crippen molar-refractivity contribution in [3.63, 3.8) is 0 Å². The molecule has 0 spiro atoms. The lowest BCUT2D eigenvalue weighted by Crippen LogP contribution is -2.19. The molecule has 0 fully saturated rings. The van der Waals surface area contributed by atoms with Gasteiger partial charge in [-0.1, -0.05) is 23.2 Å². The van der Waals surface area contributed by atoms with Gasteiger partial charge in [0.15, 0.2) is 23.3 Å². The summed E-state index contributed by atoms with van der Waals surface area (Å²) in [5.41, 5.74) is -1.68. The molecule has 0 saturated heterocycles. The minimum Gasteiger partial charge on any atom is -0.322 e. The van der Waals surface area contributed by atoms with Crippen molar-refractivity contribution in [3.05, 3.63) is 62.9 Å². The van der Waals surface area contributed by atoms with E-state index in [2.05, 4.69) is 0 Å². The summed E-state index contributed by atoms with van der Waals surface area (Å²) < 4.78 is 66.0. The maximum Gasteiger partial charge on any atom is 0.261 e. The van der Waals surface area contributed by atoms with Crippen LogP contribution in [0.15, 0.2) is 18.2 Å². The van der Waals surface area contributed by atoms with Crippen molar-refractivity contribution in [2.24, 2.45) is 0 Å². The number of rotatable bonds is 2. The first-order valence-electron chi connectivity index (χ1n) is 5.51. The Kier molecular flexibility index (Phi) is 4.58. The number of halogens is 7. The predicted octanol–water partition coefficient (Wildman–Crippen LogP) is 4.94. The van der Waals surface area contributed by atoms with E-state index in [1.54, 1.807) is 0 Å². The van der Waals surface area contributed by atoms with Crippen LogP contribution in [0.2, 0.25) is 10.0 Å². The Morgan fingerprint density at radius 2 is 1.18 bits per heavy atom. The third-order valence-electron chi connectivity index (χ3n) is 2.56. The summed E-state index contributed by atoms with van der Waals surface area (Å²) in [4.78, 5) is 11.8. The fourth-order valence-corrected chi connectivity index (χ4v) is 2.15. The van der Waals surface area contributed by atoms with E-state index in [1.165, 1.54) is 18.2 Å². The molecular formula is C13H4Cl2F5NO. The van der Waals surface area contributed by atoms with Gasteiger partial charge in [0.05, 0.1) is 0 Å². The summed E-state index contributed by atoms with van der Waals surface area (Å²) in [6.07, 6.45) is 0. The van der Waals surface area contributed by atoms with Crippen molar-refractivity contribution in [3.8, 4) is 0 Å². The predicted molar refractivity (Wildman–Crippen MR) is 70.6 cm³/mol. The van der Waals surface area contributed by atoms with Gasteiger partial charge in [0.1, 0.15) is 5.56 Å². The third-order valence-corrected chi connectivity index (χ3v) is 2.99. The van der Waals surface area contributed by atoms with Crippen molar-refractivity contribution in [1.82, 2.24) is 0 Å². The topological polar surface area (TPSA) is 29.1 Å². The smallest absolute Gasteiger partial charge is 0.261 e. The van der Waals surface area contributed by atoms with Crippen LogP contribution in [0.4, 0.5) is 27.6 Å². The molecule has 0 aliphatic carbocycles. The Morgan fingerprint density at radius 1 is 0.773 bits per heavy atom. The number of carbonyl (C=O) groups excluding carboxylic acids is 1. The highest BCUT2D eigenvalue weighted by Gasteiger charge is 2.29. The lowest BCUT2D eigenvalue weighted by atomic mass is 10.1. The van der Waals surface area contributed by atoms with Gasteiger partial charge in [0.2, 0.25) is 5.82 Å². The van der Waals surface area contributed by atoms with E-state index < -0.39 is 40.6 Å². The van der Waals surface area contributed by atoms with Gasteiger partial charge in [-0.05, 0) is 18.2 Å². The molecule has 2 aromatic rings. The zero-order chi connectivity index (χ0) is 16.6. The van der Waals surface area contributed by atoms with Crippen LogP contribution in [0.5, 0.6) is 0 Å². The fraction of sp³-hybridized carbons (Fsp3) is 0. The quantitative estimate of drug-likeness (QED) is 0.461. The summed E-state index contributed by atoms with van der Waals surface area (Å²) in [6, 6.07) is 3.67. The SMILES string of the molecule is O=C(Nc1cc(Cl)cc(Cl)c1)c1c(F)c(F)c(F)c(F)c1F. The number of hydrogen-bond donors (Lipinski definition) is 1. The monoisotopic (exact) mass is 355 g/mol. The van der Waals surface area contributed by atoms with Gasteiger partial charge in [0.25, 0.3) is 5.91 Å². The number of carbonyl (C=O) groups is 1. The maximum absolute atomic E-state index is 13.5. The lowest BCUT2D eigenvalue weighted by Gasteiger charge is -2.09. The molecule has 0 atom stereocenters. The summed E-state index contributed by atoms with van der Waals surface area (Å²) in [5.74, 6) is -12.8. The zero-order valence-corrected chi connectivity index (χ0v) is 11.8. The van der Waals surface area contributed by atoms with Crippen molar-refractivity contribution in [2.45, 2.75) is 0 Å². The first-order valence-corrected chi connectivity index (χ1v) is 6.26. The van der Waals surface area contributed by atoms with Crippen molar-refractivity contribution in [1.29, 1.82) is 0 Å². The second-order valence-corrected chi connectivity index (χ2v) is 4.93. The minimum atomic E-state index is -2.35. The van der Waals surface area contributed by atoms with E-state index in [9.17, 15) is 26.7 Å². The van der Waals surface area contributed by atoms with E-state index in [4.69, 9.17) is 23.2 Å². The molecule has 2 rings (SSSR count). The Bertz CT molecular complexity index is 732. The van der Waals surface area contributed by atoms with Gasteiger partial charge >= 0.3 is 0 Å². The van der Waals surface area contributed by atoms with E-state index in [-0.39, 0.29) is 15.7 Å². The Morgan fingerprint density at radius 3 is 1.64 bits per heavy atom. The first-order chi connectivity index (χ1) is 10.2. The van der Waals surface area contributed by atoms with Crippen LogP contribution < -0.4 is 5.32 Å². The average molecular weight is 356 g/mol. The summed E-state index contributed by atoms with van der Waals surface area (Å²) in [7, 11) is 0. The van der Waals surface area contributed by atoms with Crippen LogP contribution in [-0.2, 0) is 0 Å². The molecule has 0 saturated carbocycles. The number of nitrogens with one attached hydrogen (secondary N) is 1. The van der Waals surface area contributed by atoms with Crippen LogP contribution in [0.1, 0.15) is 10.4 Å². The van der Waals surface area contributed by atoms with Crippen molar-refractivity contribution >= 4 is 34.8 Å². The normalized spacial score (nSPS) is 10.7. The standard InChI is InChI=1S/C13H4Cl2F5NO/c14-4-1-5(15)3-6(2-4)21-13(22)7-8(16)10(18)12(20)11(19)9(7)17/h1-3H,(H,21,22). The molecule has 2 nitrogen and oxygen atoms in total. The summed E-state index contributed by atoms with van der Waals surface area (Å²) in [6.45, 7) is 0. The molecule has 1 N–H and O–H groups in total. The maximum atomic E-state index is 13.5. The zero-order valence-electron chi connectivity index (χ0n) is 10.3. The largest absolute Gasteiger partial charge is 0.322 e. The number of hydrogen-bond acceptors (Lipinski definition) is 1. The number of amides is 1. The average Bonchev–Trinajstić information content (AvgIpc) is 2.42. The highest BCUT2D eigenvalue weighted by molar-refractivity contribution is 6.35. The Labute approximate surface area is 130 Å². The summed E-state index contributed by atoms with van der Waals surface area (Å²) in [5, 5.41) is 2.15. The molecule has 0 aromatic heterocycles. The van der Waals surface area contributed by atoms with Gasteiger partial charge in [-0.2, -0.15) is 0 Å². The molecule has 0 radical (unpaired) electrons. The molecular weight excluding hydrogens is 352 g/mol. The molecule has 1 amide bonds. The molecule has 0 bridgehead atoms. The van der Waals surface area contributed by atoms with E-state index in [0.29, 0.717) is 0 Å². The van der Waals surface area contributed by atoms with Crippen LogP contribution in [-0.4, -0.2) is 5.91 Å².